The lowest BCUT2D eigenvalue weighted by Gasteiger charge is -2.12. The van der Waals surface area contributed by atoms with Crippen LogP contribution in [0.5, 0.6) is 0 Å². The van der Waals surface area contributed by atoms with Crippen LogP contribution >= 0.6 is 0 Å². The summed E-state index contributed by atoms with van der Waals surface area (Å²) in [6.45, 7) is 4.09. The summed E-state index contributed by atoms with van der Waals surface area (Å²) in [6.07, 6.45) is 0. The summed E-state index contributed by atoms with van der Waals surface area (Å²) in [7, 11) is -3.83. The van der Waals surface area contributed by atoms with Gasteiger partial charge in [-0.3, -0.25) is 9.52 Å². The molecule has 1 amide bonds. The number of nitrogens with zero attached hydrogens (tertiary/aromatic N) is 2. The minimum atomic E-state index is -3.83. The summed E-state index contributed by atoms with van der Waals surface area (Å²) in [6, 6.07) is 29.6. The first-order chi connectivity index (χ1) is 17.8. The van der Waals surface area contributed by atoms with Gasteiger partial charge in [-0.25, -0.2) is 13.4 Å². The van der Waals surface area contributed by atoms with Crippen LogP contribution in [0.3, 0.4) is 0 Å². The number of benzene rings is 4. The van der Waals surface area contributed by atoms with E-state index in [2.05, 4.69) is 45.8 Å². The van der Waals surface area contributed by atoms with Crippen LogP contribution in [0.1, 0.15) is 18.1 Å². The zero-order valence-corrected chi connectivity index (χ0v) is 21.3. The molecule has 8 heteroatoms. The van der Waals surface area contributed by atoms with E-state index in [1.165, 1.54) is 24.6 Å². The highest BCUT2D eigenvalue weighted by atomic mass is 32.2. The van der Waals surface area contributed by atoms with Gasteiger partial charge in [0.05, 0.1) is 15.9 Å². The fourth-order valence-electron chi connectivity index (χ4n) is 4.19. The van der Waals surface area contributed by atoms with Crippen LogP contribution < -0.4 is 10.0 Å². The third-order valence-electron chi connectivity index (χ3n) is 5.97. The number of hydrogen-bond acceptors (Lipinski definition) is 4. The van der Waals surface area contributed by atoms with Crippen molar-refractivity contribution in [1.29, 1.82) is 0 Å². The monoisotopic (exact) mass is 510 g/mol. The van der Waals surface area contributed by atoms with Crippen molar-refractivity contribution >= 4 is 38.3 Å². The Morgan fingerprint density at radius 1 is 0.865 bits per heavy atom. The molecule has 7 nitrogen and oxygen atoms in total. The number of anilines is 2. The standard InChI is InChI=1S/C29H26N4O3S/c1-20-10-12-22(13-11-20)19-33-28-9-4-3-8-27(28)31-29(33)23-6-5-7-25(18-23)32-37(35,36)26-16-14-24(15-17-26)30-21(2)34/h3-18,32H,19H2,1-2H3,(H,30,34). The molecule has 186 valence electrons. The highest BCUT2D eigenvalue weighted by Gasteiger charge is 2.17. The highest BCUT2D eigenvalue weighted by Crippen LogP contribution is 2.29. The average Bonchev–Trinajstić information content (AvgIpc) is 3.24. The summed E-state index contributed by atoms with van der Waals surface area (Å²) in [5.74, 6) is 0.529. The highest BCUT2D eigenvalue weighted by molar-refractivity contribution is 7.92. The van der Waals surface area contributed by atoms with Gasteiger partial charge < -0.3 is 9.88 Å². The van der Waals surface area contributed by atoms with E-state index in [1.807, 2.05) is 36.4 Å². The Kier molecular flexibility index (Phi) is 6.50. The lowest BCUT2D eigenvalue weighted by atomic mass is 10.1. The lowest BCUT2D eigenvalue weighted by Crippen LogP contribution is -2.13. The zero-order valence-electron chi connectivity index (χ0n) is 20.5. The van der Waals surface area contributed by atoms with Crippen LogP contribution in [-0.2, 0) is 21.4 Å². The third-order valence-corrected chi connectivity index (χ3v) is 7.37. The Balaban J connectivity index is 1.47. The van der Waals surface area contributed by atoms with Gasteiger partial charge in [0, 0.05) is 30.4 Å². The van der Waals surface area contributed by atoms with Gasteiger partial charge in [-0.2, -0.15) is 0 Å². The van der Waals surface area contributed by atoms with Crippen molar-refractivity contribution in [3.05, 3.63) is 108 Å². The number of aryl methyl sites for hydroxylation is 1. The van der Waals surface area contributed by atoms with Gasteiger partial charge in [0.15, 0.2) is 0 Å². The van der Waals surface area contributed by atoms with Gasteiger partial charge in [0.25, 0.3) is 10.0 Å². The first-order valence-corrected chi connectivity index (χ1v) is 13.3. The SMILES string of the molecule is CC(=O)Nc1ccc(S(=O)(=O)Nc2cccc(-c3nc4ccccc4n3Cc3ccc(C)cc3)c2)cc1. The van der Waals surface area contributed by atoms with Gasteiger partial charge in [0.1, 0.15) is 5.82 Å². The Bertz CT molecular complexity index is 1690. The first-order valence-electron chi connectivity index (χ1n) is 11.8. The van der Waals surface area contributed by atoms with Crippen LogP contribution in [-0.4, -0.2) is 23.9 Å². The largest absolute Gasteiger partial charge is 0.326 e. The molecule has 5 aromatic rings. The minimum absolute atomic E-state index is 0.0959. The molecule has 0 aliphatic heterocycles. The smallest absolute Gasteiger partial charge is 0.261 e. The second kappa shape index (κ2) is 9.91. The summed E-state index contributed by atoms with van der Waals surface area (Å²) in [5.41, 5.74) is 5.97. The number of imidazole rings is 1. The molecule has 0 saturated heterocycles. The van der Waals surface area contributed by atoms with E-state index in [0.29, 0.717) is 17.9 Å². The fraction of sp³-hybridized carbons (Fsp3) is 0.103. The molecule has 2 N–H and O–H groups in total. The molecule has 0 bridgehead atoms. The molecule has 0 aliphatic rings. The quantitative estimate of drug-likeness (QED) is 0.289. The molecule has 1 heterocycles. The Morgan fingerprint density at radius 2 is 1.59 bits per heavy atom. The van der Waals surface area contributed by atoms with Gasteiger partial charge in [-0.15, -0.1) is 0 Å². The van der Waals surface area contributed by atoms with Crippen molar-refractivity contribution in [2.24, 2.45) is 0 Å². The van der Waals surface area contributed by atoms with Gasteiger partial charge in [-0.05, 0) is 61.0 Å². The van der Waals surface area contributed by atoms with E-state index in [1.54, 1.807) is 24.3 Å². The lowest BCUT2D eigenvalue weighted by molar-refractivity contribution is -0.114. The number of hydrogen-bond donors (Lipinski definition) is 2. The first kappa shape index (κ1) is 24.3. The summed E-state index contributed by atoms with van der Waals surface area (Å²) >= 11 is 0. The van der Waals surface area contributed by atoms with Gasteiger partial charge in [0.2, 0.25) is 5.91 Å². The second-order valence-corrected chi connectivity index (χ2v) is 10.6. The van der Waals surface area contributed by atoms with Crippen LogP contribution in [0.15, 0.2) is 102 Å². The van der Waals surface area contributed by atoms with Crippen LogP contribution in [0, 0.1) is 6.92 Å². The molecular weight excluding hydrogens is 484 g/mol. The van der Waals surface area contributed by atoms with E-state index in [4.69, 9.17) is 4.98 Å². The predicted octanol–water partition coefficient (Wildman–Crippen LogP) is 5.82. The normalized spacial score (nSPS) is 11.4. The number of amides is 1. The Labute approximate surface area is 215 Å². The molecule has 37 heavy (non-hydrogen) atoms. The number of fused-ring (bicyclic) bond motifs is 1. The number of nitrogens with one attached hydrogen (secondary N) is 2. The number of carbonyl (C=O) groups excluding carboxylic acids is 1. The molecule has 0 radical (unpaired) electrons. The second-order valence-electron chi connectivity index (χ2n) is 8.89. The molecule has 4 aromatic carbocycles. The number of carbonyl (C=O) groups is 1. The molecular formula is C29H26N4O3S. The van der Waals surface area contributed by atoms with Crippen LogP contribution in [0.25, 0.3) is 22.4 Å². The maximum atomic E-state index is 13.0. The van der Waals surface area contributed by atoms with E-state index in [-0.39, 0.29) is 10.8 Å². The molecule has 0 aliphatic carbocycles. The molecule has 0 unspecified atom stereocenters. The molecule has 0 atom stereocenters. The fourth-order valence-corrected chi connectivity index (χ4v) is 5.24. The number of para-hydroxylation sites is 2. The Morgan fingerprint density at radius 3 is 2.32 bits per heavy atom. The maximum Gasteiger partial charge on any atom is 0.261 e. The molecule has 0 saturated carbocycles. The molecule has 1 aromatic heterocycles. The van der Waals surface area contributed by atoms with Gasteiger partial charge >= 0.3 is 0 Å². The summed E-state index contributed by atoms with van der Waals surface area (Å²) < 4.78 is 30.9. The van der Waals surface area contributed by atoms with Crippen molar-refractivity contribution in [3.63, 3.8) is 0 Å². The zero-order chi connectivity index (χ0) is 26.0. The van der Waals surface area contributed by atoms with Crippen molar-refractivity contribution in [1.82, 2.24) is 9.55 Å². The average molecular weight is 511 g/mol. The topological polar surface area (TPSA) is 93.1 Å². The summed E-state index contributed by atoms with van der Waals surface area (Å²) in [5, 5.41) is 2.63. The number of rotatable bonds is 7. The maximum absolute atomic E-state index is 13.0. The van der Waals surface area contributed by atoms with Crippen molar-refractivity contribution < 1.29 is 13.2 Å². The van der Waals surface area contributed by atoms with Gasteiger partial charge in [-0.1, -0.05) is 54.1 Å². The third kappa shape index (κ3) is 5.39. The van der Waals surface area contributed by atoms with E-state index < -0.39 is 10.0 Å². The van der Waals surface area contributed by atoms with E-state index in [0.717, 1.165) is 28.0 Å². The molecule has 5 rings (SSSR count). The van der Waals surface area contributed by atoms with Crippen LogP contribution in [0.2, 0.25) is 0 Å². The van der Waals surface area contributed by atoms with E-state index in [9.17, 15) is 13.2 Å². The predicted molar refractivity (Wildman–Crippen MR) is 147 cm³/mol. The van der Waals surface area contributed by atoms with Crippen LogP contribution in [0.4, 0.5) is 11.4 Å². The Hall–Kier alpha value is -4.43. The summed E-state index contributed by atoms with van der Waals surface area (Å²) in [4.78, 5) is 16.2. The number of sulfonamides is 1. The van der Waals surface area contributed by atoms with Crippen molar-refractivity contribution in [2.75, 3.05) is 10.0 Å². The molecule has 0 spiro atoms. The number of aromatic nitrogens is 2. The minimum Gasteiger partial charge on any atom is -0.326 e. The van der Waals surface area contributed by atoms with E-state index >= 15 is 0 Å². The molecule has 0 fully saturated rings. The van der Waals surface area contributed by atoms with Crippen molar-refractivity contribution in [3.8, 4) is 11.4 Å². The van der Waals surface area contributed by atoms with Crippen molar-refractivity contribution in [2.45, 2.75) is 25.3 Å².